The summed E-state index contributed by atoms with van der Waals surface area (Å²) in [7, 11) is 0. The Morgan fingerprint density at radius 2 is 2.13 bits per heavy atom. The molecule has 0 bridgehead atoms. The number of alkyl halides is 1. The minimum absolute atomic E-state index is 0.165. The van der Waals surface area contributed by atoms with E-state index in [0.29, 0.717) is 19.5 Å². The van der Waals surface area contributed by atoms with Crippen molar-refractivity contribution in [1.29, 1.82) is 0 Å². The number of rotatable bonds is 1. The van der Waals surface area contributed by atoms with Gasteiger partial charge in [0.05, 0.1) is 16.8 Å². The lowest BCUT2D eigenvalue weighted by molar-refractivity contribution is -0.203. The molecule has 86 valence electrons. The molecule has 0 saturated carbocycles. The second kappa shape index (κ2) is 4.61. The van der Waals surface area contributed by atoms with Crippen LogP contribution in [0.5, 0.6) is 0 Å². The molecule has 0 amide bonds. The number of piperidine rings is 1. The number of carbonyl (C=O) groups is 2. The molecule has 1 atom stereocenters. The van der Waals surface area contributed by atoms with Crippen LogP contribution >= 0.6 is 15.9 Å². The van der Waals surface area contributed by atoms with Crippen molar-refractivity contribution in [2.75, 3.05) is 13.1 Å². The number of hydrogen-bond acceptors (Lipinski definition) is 4. The van der Waals surface area contributed by atoms with Gasteiger partial charge in [-0.2, -0.15) is 0 Å². The van der Waals surface area contributed by atoms with E-state index in [9.17, 15) is 9.59 Å². The molecular formula is C10H16BrNO3. The molecule has 0 aromatic heterocycles. The van der Waals surface area contributed by atoms with E-state index >= 15 is 0 Å². The van der Waals surface area contributed by atoms with E-state index in [1.165, 1.54) is 0 Å². The van der Waals surface area contributed by atoms with Crippen LogP contribution in [-0.4, -0.2) is 34.7 Å². The molecule has 1 saturated heterocycles. The SMILES string of the molecule is CC(C)(C)C(=O)ON1CCC(=O)C(Br)C1. The summed E-state index contributed by atoms with van der Waals surface area (Å²) in [6.07, 6.45) is 0.424. The topological polar surface area (TPSA) is 46.6 Å². The molecular weight excluding hydrogens is 262 g/mol. The summed E-state index contributed by atoms with van der Waals surface area (Å²) >= 11 is 3.25. The van der Waals surface area contributed by atoms with E-state index in [2.05, 4.69) is 15.9 Å². The van der Waals surface area contributed by atoms with E-state index in [1.807, 2.05) is 0 Å². The first-order valence-electron chi connectivity index (χ1n) is 4.95. The molecule has 0 radical (unpaired) electrons. The molecule has 0 aliphatic carbocycles. The van der Waals surface area contributed by atoms with E-state index in [1.54, 1.807) is 25.8 Å². The molecule has 0 N–H and O–H groups in total. The van der Waals surface area contributed by atoms with E-state index in [-0.39, 0.29) is 16.6 Å². The molecule has 1 unspecified atom stereocenters. The molecule has 1 aliphatic heterocycles. The van der Waals surface area contributed by atoms with Crippen molar-refractivity contribution in [3.05, 3.63) is 0 Å². The first-order valence-corrected chi connectivity index (χ1v) is 5.86. The van der Waals surface area contributed by atoms with Gasteiger partial charge in [-0.1, -0.05) is 15.9 Å². The first kappa shape index (κ1) is 12.6. The Bertz CT molecular complexity index is 272. The van der Waals surface area contributed by atoms with Crippen molar-refractivity contribution in [2.24, 2.45) is 5.41 Å². The summed E-state index contributed by atoms with van der Waals surface area (Å²) in [5.41, 5.74) is -0.511. The second-order valence-corrected chi connectivity index (χ2v) is 5.81. The van der Waals surface area contributed by atoms with Crippen LogP contribution in [0, 0.1) is 5.41 Å². The fraction of sp³-hybridized carbons (Fsp3) is 0.800. The zero-order valence-electron chi connectivity index (χ0n) is 9.25. The molecule has 1 rings (SSSR count). The zero-order valence-corrected chi connectivity index (χ0v) is 10.8. The van der Waals surface area contributed by atoms with E-state index < -0.39 is 5.41 Å². The Labute approximate surface area is 98.0 Å². The van der Waals surface area contributed by atoms with Crippen LogP contribution in [0.2, 0.25) is 0 Å². The molecule has 1 aliphatic rings. The van der Waals surface area contributed by atoms with Crippen molar-refractivity contribution in [3.8, 4) is 0 Å². The van der Waals surface area contributed by atoms with Crippen LogP contribution in [0.25, 0.3) is 0 Å². The molecule has 15 heavy (non-hydrogen) atoms. The lowest BCUT2D eigenvalue weighted by atomic mass is 9.98. The molecule has 0 spiro atoms. The number of halogens is 1. The van der Waals surface area contributed by atoms with Crippen LogP contribution in [0.3, 0.4) is 0 Å². The van der Waals surface area contributed by atoms with E-state index in [4.69, 9.17) is 4.84 Å². The van der Waals surface area contributed by atoms with Crippen molar-refractivity contribution >= 4 is 27.7 Å². The predicted molar refractivity (Wildman–Crippen MR) is 59.5 cm³/mol. The summed E-state index contributed by atoms with van der Waals surface area (Å²) in [6.45, 7) is 6.32. The van der Waals surface area contributed by atoms with Crippen molar-refractivity contribution < 1.29 is 14.4 Å². The highest BCUT2D eigenvalue weighted by molar-refractivity contribution is 9.10. The Morgan fingerprint density at radius 3 is 2.60 bits per heavy atom. The van der Waals surface area contributed by atoms with Gasteiger partial charge in [0.2, 0.25) is 0 Å². The van der Waals surface area contributed by atoms with Gasteiger partial charge >= 0.3 is 5.97 Å². The molecule has 1 fully saturated rings. The summed E-state index contributed by atoms with van der Waals surface area (Å²) in [4.78, 5) is 27.7. The Kier molecular flexibility index (Phi) is 3.89. The maximum absolute atomic E-state index is 11.6. The normalized spacial score (nSPS) is 24.0. The van der Waals surface area contributed by atoms with Crippen molar-refractivity contribution in [1.82, 2.24) is 5.06 Å². The van der Waals surface area contributed by atoms with E-state index in [0.717, 1.165) is 0 Å². The lowest BCUT2D eigenvalue weighted by Gasteiger charge is -2.29. The zero-order chi connectivity index (χ0) is 11.6. The summed E-state index contributed by atoms with van der Waals surface area (Å²) in [5.74, 6) is -0.102. The summed E-state index contributed by atoms with van der Waals surface area (Å²) < 4.78 is 0. The average Bonchev–Trinajstić information content (AvgIpc) is 2.10. The molecule has 0 aromatic rings. The second-order valence-electron chi connectivity index (χ2n) is 4.70. The quantitative estimate of drug-likeness (QED) is 0.682. The van der Waals surface area contributed by atoms with Gasteiger partial charge in [0, 0.05) is 13.0 Å². The number of nitrogens with zero attached hydrogens (tertiary/aromatic N) is 1. The maximum atomic E-state index is 11.6. The highest BCUT2D eigenvalue weighted by atomic mass is 79.9. The minimum Gasteiger partial charge on any atom is -0.367 e. The van der Waals surface area contributed by atoms with Gasteiger partial charge in [0.25, 0.3) is 0 Å². The van der Waals surface area contributed by atoms with Gasteiger partial charge < -0.3 is 4.84 Å². The number of carbonyl (C=O) groups excluding carboxylic acids is 2. The van der Waals surface area contributed by atoms with Gasteiger partial charge in [0.15, 0.2) is 0 Å². The summed E-state index contributed by atoms with van der Waals surface area (Å²) in [5, 5.41) is 1.55. The number of hydroxylamine groups is 2. The van der Waals surface area contributed by atoms with Gasteiger partial charge in [-0.25, -0.2) is 4.79 Å². The number of Topliss-reactive ketones (excluding diaryl/α,β-unsaturated/α-hetero) is 1. The van der Waals surface area contributed by atoms with Crippen LogP contribution in [0.15, 0.2) is 0 Å². The van der Waals surface area contributed by atoms with Crippen LogP contribution in [0.4, 0.5) is 0 Å². The number of ketones is 1. The molecule has 4 nitrogen and oxygen atoms in total. The largest absolute Gasteiger partial charge is 0.367 e. The Hall–Kier alpha value is -0.420. The third-order valence-electron chi connectivity index (χ3n) is 2.15. The van der Waals surface area contributed by atoms with Gasteiger partial charge in [0.1, 0.15) is 5.78 Å². The summed E-state index contributed by atoms with van der Waals surface area (Å²) in [6, 6.07) is 0. The third-order valence-corrected chi connectivity index (χ3v) is 2.95. The maximum Gasteiger partial charge on any atom is 0.330 e. The molecule has 1 heterocycles. The molecule has 0 aromatic carbocycles. The number of hydrogen-bond donors (Lipinski definition) is 0. The Morgan fingerprint density at radius 1 is 1.53 bits per heavy atom. The smallest absolute Gasteiger partial charge is 0.330 e. The third kappa shape index (κ3) is 3.57. The fourth-order valence-corrected chi connectivity index (χ4v) is 1.65. The Balaban J connectivity index is 2.47. The van der Waals surface area contributed by atoms with Crippen LogP contribution in [0.1, 0.15) is 27.2 Å². The first-order chi connectivity index (χ1) is 6.80. The average molecular weight is 278 g/mol. The van der Waals surface area contributed by atoms with Crippen LogP contribution in [-0.2, 0) is 14.4 Å². The van der Waals surface area contributed by atoms with Crippen LogP contribution < -0.4 is 0 Å². The predicted octanol–water partition coefficient (Wildman–Crippen LogP) is 1.53. The van der Waals surface area contributed by atoms with Gasteiger partial charge in [-0.15, -0.1) is 5.06 Å². The lowest BCUT2D eigenvalue weighted by Crippen LogP contribution is -2.44. The van der Waals surface area contributed by atoms with Gasteiger partial charge in [-0.3, -0.25) is 4.79 Å². The monoisotopic (exact) mass is 277 g/mol. The van der Waals surface area contributed by atoms with Gasteiger partial charge in [-0.05, 0) is 20.8 Å². The molecule has 5 heteroatoms. The highest BCUT2D eigenvalue weighted by Gasteiger charge is 2.30. The highest BCUT2D eigenvalue weighted by Crippen LogP contribution is 2.19. The van der Waals surface area contributed by atoms with Crippen molar-refractivity contribution in [2.45, 2.75) is 32.0 Å². The fourth-order valence-electron chi connectivity index (χ4n) is 1.10. The standard InChI is InChI=1S/C10H16BrNO3/c1-10(2,3)9(14)15-12-5-4-8(13)7(11)6-12/h7H,4-6H2,1-3H3. The van der Waals surface area contributed by atoms with Crippen molar-refractivity contribution in [3.63, 3.8) is 0 Å². The minimum atomic E-state index is -0.511.